The molecule has 112 valence electrons. The lowest BCUT2D eigenvalue weighted by molar-refractivity contribution is -0.121. The van der Waals surface area contributed by atoms with Gasteiger partial charge in [0.1, 0.15) is 5.76 Å². The van der Waals surface area contributed by atoms with Gasteiger partial charge in [0.25, 0.3) is 0 Å². The molecule has 1 fully saturated rings. The molecular formula is C15H25N3O2. The Hall–Kier alpha value is -1.36. The fraction of sp³-hybridized carbons (Fsp3) is 0.733. The fourth-order valence-electron chi connectivity index (χ4n) is 2.77. The summed E-state index contributed by atoms with van der Waals surface area (Å²) in [6.07, 6.45) is 4.82. The molecule has 5 heteroatoms. The van der Waals surface area contributed by atoms with Gasteiger partial charge < -0.3 is 15.2 Å². The Labute approximate surface area is 120 Å². The number of hydrogen-bond donors (Lipinski definition) is 2. The number of nitrogens with one attached hydrogen (secondary N) is 2. The van der Waals surface area contributed by atoms with Crippen LogP contribution in [0.2, 0.25) is 0 Å². The van der Waals surface area contributed by atoms with Crippen molar-refractivity contribution in [2.75, 3.05) is 19.6 Å². The molecule has 2 rings (SSSR count). The van der Waals surface area contributed by atoms with E-state index in [0.717, 1.165) is 43.1 Å². The van der Waals surface area contributed by atoms with E-state index in [1.165, 1.54) is 12.8 Å². The van der Waals surface area contributed by atoms with Gasteiger partial charge in [0.15, 0.2) is 0 Å². The van der Waals surface area contributed by atoms with E-state index in [9.17, 15) is 4.79 Å². The van der Waals surface area contributed by atoms with E-state index in [-0.39, 0.29) is 5.91 Å². The third-order valence-corrected chi connectivity index (χ3v) is 4.06. The highest BCUT2D eigenvalue weighted by atomic mass is 16.5. The van der Waals surface area contributed by atoms with Crippen LogP contribution in [-0.2, 0) is 11.2 Å². The molecule has 5 nitrogen and oxygen atoms in total. The molecule has 0 spiro atoms. The van der Waals surface area contributed by atoms with Crippen molar-refractivity contribution in [2.24, 2.45) is 5.92 Å². The fourth-order valence-corrected chi connectivity index (χ4v) is 2.77. The average molecular weight is 279 g/mol. The number of nitrogens with zero attached hydrogens (tertiary/aromatic N) is 1. The molecule has 1 unspecified atom stereocenters. The Morgan fingerprint density at radius 3 is 3.00 bits per heavy atom. The van der Waals surface area contributed by atoms with Crippen LogP contribution in [0.5, 0.6) is 0 Å². The minimum Gasteiger partial charge on any atom is -0.361 e. The number of piperidine rings is 1. The van der Waals surface area contributed by atoms with Crippen LogP contribution < -0.4 is 10.6 Å². The van der Waals surface area contributed by atoms with E-state index in [4.69, 9.17) is 4.52 Å². The van der Waals surface area contributed by atoms with E-state index in [1.807, 2.05) is 13.8 Å². The molecule has 1 aliphatic rings. The number of aromatic nitrogens is 1. The lowest BCUT2D eigenvalue weighted by atomic mass is 9.96. The molecule has 2 heterocycles. The molecule has 20 heavy (non-hydrogen) atoms. The molecule has 0 bridgehead atoms. The second-order valence-corrected chi connectivity index (χ2v) is 5.65. The van der Waals surface area contributed by atoms with Crippen molar-refractivity contribution in [3.8, 4) is 0 Å². The normalized spacial score (nSPS) is 19.0. The Bertz CT molecular complexity index is 417. The van der Waals surface area contributed by atoms with Crippen molar-refractivity contribution in [1.82, 2.24) is 15.8 Å². The van der Waals surface area contributed by atoms with E-state index in [2.05, 4.69) is 15.8 Å². The van der Waals surface area contributed by atoms with Crippen LogP contribution in [0.3, 0.4) is 0 Å². The summed E-state index contributed by atoms with van der Waals surface area (Å²) in [7, 11) is 0. The highest BCUT2D eigenvalue weighted by molar-refractivity contribution is 5.76. The third kappa shape index (κ3) is 4.34. The van der Waals surface area contributed by atoms with Gasteiger partial charge in [-0.15, -0.1) is 0 Å². The summed E-state index contributed by atoms with van der Waals surface area (Å²) in [6, 6.07) is 0. The first kappa shape index (κ1) is 15.0. The number of carbonyl (C=O) groups excluding carboxylic acids is 1. The van der Waals surface area contributed by atoms with Crippen LogP contribution >= 0.6 is 0 Å². The van der Waals surface area contributed by atoms with Crippen LogP contribution in [0.4, 0.5) is 0 Å². The summed E-state index contributed by atoms with van der Waals surface area (Å²) >= 11 is 0. The summed E-state index contributed by atoms with van der Waals surface area (Å²) in [6.45, 7) is 6.82. The van der Waals surface area contributed by atoms with Crippen molar-refractivity contribution >= 4 is 5.91 Å². The van der Waals surface area contributed by atoms with Gasteiger partial charge in [0.2, 0.25) is 5.91 Å². The van der Waals surface area contributed by atoms with Gasteiger partial charge in [-0.25, -0.2) is 0 Å². The van der Waals surface area contributed by atoms with Crippen LogP contribution in [0.25, 0.3) is 0 Å². The number of amides is 1. The quantitative estimate of drug-likeness (QED) is 0.832. The summed E-state index contributed by atoms with van der Waals surface area (Å²) in [5.41, 5.74) is 1.96. The van der Waals surface area contributed by atoms with Crippen molar-refractivity contribution < 1.29 is 9.32 Å². The Kier molecular flexibility index (Phi) is 5.59. The second-order valence-electron chi connectivity index (χ2n) is 5.65. The first-order chi connectivity index (χ1) is 9.66. The zero-order valence-corrected chi connectivity index (χ0v) is 12.5. The molecule has 1 saturated heterocycles. The largest absolute Gasteiger partial charge is 0.361 e. The minimum absolute atomic E-state index is 0.119. The van der Waals surface area contributed by atoms with Crippen LogP contribution in [-0.4, -0.2) is 30.7 Å². The number of carbonyl (C=O) groups is 1. The van der Waals surface area contributed by atoms with Gasteiger partial charge in [-0.3, -0.25) is 4.79 Å². The first-order valence-electron chi connectivity index (χ1n) is 7.56. The molecule has 0 aliphatic carbocycles. The van der Waals surface area contributed by atoms with Crippen LogP contribution in [0.15, 0.2) is 4.52 Å². The zero-order valence-electron chi connectivity index (χ0n) is 12.5. The van der Waals surface area contributed by atoms with Gasteiger partial charge in [0.05, 0.1) is 5.69 Å². The minimum atomic E-state index is 0.119. The summed E-state index contributed by atoms with van der Waals surface area (Å²) in [5.74, 6) is 1.66. The molecule has 0 saturated carbocycles. The van der Waals surface area contributed by atoms with Gasteiger partial charge in [-0.2, -0.15) is 0 Å². The smallest absolute Gasteiger partial charge is 0.220 e. The maximum absolute atomic E-state index is 11.8. The Balaban J connectivity index is 1.63. The number of aryl methyl sites for hydroxylation is 2. The second kappa shape index (κ2) is 7.43. The molecule has 2 N–H and O–H groups in total. The van der Waals surface area contributed by atoms with Crippen LogP contribution in [0, 0.1) is 19.8 Å². The maximum atomic E-state index is 11.8. The first-order valence-corrected chi connectivity index (χ1v) is 7.56. The van der Waals surface area contributed by atoms with Crippen molar-refractivity contribution in [3.63, 3.8) is 0 Å². The SMILES string of the molecule is Cc1noc(C)c1CCC(=O)NCCC1CCCNC1. The van der Waals surface area contributed by atoms with E-state index >= 15 is 0 Å². The molecule has 1 aliphatic heterocycles. The Morgan fingerprint density at radius 2 is 2.35 bits per heavy atom. The lowest BCUT2D eigenvalue weighted by Gasteiger charge is -2.22. The highest BCUT2D eigenvalue weighted by Gasteiger charge is 2.14. The van der Waals surface area contributed by atoms with E-state index in [1.54, 1.807) is 0 Å². The van der Waals surface area contributed by atoms with E-state index in [0.29, 0.717) is 18.8 Å². The summed E-state index contributed by atoms with van der Waals surface area (Å²) < 4.78 is 5.10. The summed E-state index contributed by atoms with van der Waals surface area (Å²) in [4.78, 5) is 11.8. The molecule has 0 radical (unpaired) electrons. The predicted molar refractivity (Wildman–Crippen MR) is 77.5 cm³/mol. The van der Waals surface area contributed by atoms with Crippen molar-refractivity contribution in [2.45, 2.75) is 46.0 Å². The van der Waals surface area contributed by atoms with Crippen LogP contribution in [0.1, 0.15) is 42.7 Å². The van der Waals surface area contributed by atoms with E-state index < -0.39 is 0 Å². The molecular weight excluding hydrogens is 254 g/mol. The van der Waals surface area contributed by atoms with Crippen molar-refractivity contribution in [1.29, 1.82) is 0 Å². The zero-order chi connectivity index (χ0) is 14.4. The molecule has 1 atom stereocenters. The van der Waals surface area contributed by atoms with Gasteiger partial charge in [-0.05, 0) is 58.5 Å². The molecule has 1 aromatic heterocycles. The van der Waals surface area contributed by atoms with Gasteiger partial charge in [-0.1, -0.05) is 5.16 Å². The average Bonchev–Trinajstić information content (AvgIpc) is 2.77. The number of hydrogen-bond acceptors (Lipinski definition) is 4. The highest BCUT2D eigenvalue weighted by Crippen LogP contribution is 2.15. The Morgan fingerprint density at radius 1 is 1.50 bits per heavy atom. The molecule has 1 aromatic rings. The third-order valence-electron chi connectivity index (χ3n) is 4.06. The molecule has 0 aromatic carbocycles. The number of rotatable bonds is 6. The predicted octanol–water partition coefficient (Wildman–Crippen LogP) is 1.73. The topological polar surface area (TPSA) is 67.2 Å². The summed E-state index contributed by atoms with van der Waals surface area (Å²) in [5, 5.41) is 10.3. The van der Waals surface area contributed by atoms with Gasteiger partial charge >= 0.3 is 0 Å². The van der Waals surface area contributed by atoms with Crippen molar-refractivity contribution in [3.05, 3.63) is 17.0 Å². The standard InChI is InChI=1S/C15H25N3O2/c1-11-14(12(2)20-18-11)5-6-15(19)17-9-7-13-4-3-8-16-10-13/h13,16H,3-10H2,1-2H3,(H,17,19). The van der Waals surface area contributed by atoms with Gasteiger partial charge in [0, 0.05) is 18.5 Å². The monoisotopic (exact) mass is 279 g/mol. The lowest BCUT2D eigenvalue weighted by Crippen LogP contribution is -2.33. The molecule has 1 amide bonds. The maximum Gasteiger partial charge on any atom is 0.220 e.